The first kappa shape index (κ1) is 8.97. The third-order valence-corrected chi connectivity index (χ3v) is 7.77. The van der Waals surface area contributed by atoms with E-state index in [1.54, 1.807) is 6.42 Å². The van der Waals surface area contributed by atoms with Crippen LogP contribution in [0.4, 0.5) is 0 Å². The highest BCUT2D eigenvalue weighted by molar-refractivity contribution is 5.24. The fraction of sp³-hybridized carbons (Fsp3) is 1.00. The lowest BCUT2D eigenvalue weighted by Crippen LogP contribution is -2.77. The first-order chi connectivity index (χ1) is 7.61. The molecule has 0 saturated heterocycles. The van der Waals surface area contributed by atoms with Crippen molar-refractivity contribution in [3.05, 3.63) is 0 Å². The average molecular weight is 217 g/mol. The van der Waals surface area contributed by atoms with Crippen LogP contribution in [0.2, 0.25) is 0 Å². The van der Waals surface area contributed by atoms with E-state index in [2.05, 4.69) is 6.92 Å². The zero-order valence-electron chi connectivity index (χ0n) is 10.3. The number of rotatable bonds is 0. The predicted molar refractivity (Wildman–Crippen MR) is 63.7 cm³/mol. The van der Waals surface area contributed by atoms with Crippen molar-refractivity contribution in [3.63, 3.8) is 0 Å². The molecule has 0 aromatic heterocycles. The van der Waals surface area contributed by atoms with Crippen LogP contribution in [0.25, 0.3) is 0 Å². The maximum absolute atomic E-state index is 6.91. The van der Waals surface area contributed by atoms with Crippen molar-refractivity contribution in [3.8, 4) is 0 Å². The lowest BCUT2D eigenvalue weighted by atomic mass is 9.29. The quantitative estimate of drug-likeness (QED) is 0.663. The molecule has 2 N–H and O–H groups in total. The molecule has 16 heavy (non-hydrogen) atoms. The molecule has 0 aromatic carbocycles. The molecule has 7 aliphatic carbocycles. The summed E-state index contributed by atoms with van der Waals surface area (Å²) in [5.74, 6) is 5.94. The van der Waals surface area contributed by atoms with Crippen molar-refractivity contribution in [2.24, 2.45) is 46.7 Å². The standard InChI is InChI=1S/C15H23N/c1-14-6-8-4-12-10(14)2-9-3-11(14)13(5-8)15(12,16)7-9/h8-13H,2-7,16H2,1H3. The van der Waals surface area contributed by atoms with E-state index in [9.17, 15) is 0 Å². The Kier molecular flexibility index (Phi) is 1.26. The number of nitrogens with two attached hydrogens (primary N) is 1. The third-order valence-electron chi connectivity index (χ3n) is 7.77. The van der Waals surface area contributed by atoms with Gasteiger partial charge in [0.05, 0.1) is 0 Å². The minimum atomic E-state index is 0.299. The molecule has 1 heteroatoms. The molecule has 0 aromatic rings. The zero-order valence-corrected chi connectivity index (χ0v) is 10.3. The van der Waals surface area contributed by atoms with Gasteiger partial charge in [-0.3, -0.25) is 0 Å². The molecule has 0 heterocycles. The van der Waals surface area contributed by atoms with Gasteiger partial charge in [0.15, 0.2) is 0 Å². The third kappa shape index (κ3) is 0.698. The molecule has 7 saturated carbocycles. The SMILES string of the molecule is CC12CC3CC4C1CC1CC2C(C3)C4(N)C1. The summed E-state index contributed by atoms with van der Waals surface area (Å²) < 4.78 is 0. The molecule has 0 aliphatic heterocycles. The van der Waals surface area contributed by atoms with Gasteiger partial charge < -0.3 is 5.73 Å². The van der Waals surface area contributed by atoms with Gasteiger partial charge in [-0.2, -0.15) is 0 Å². The van der Waals surface area contributed by atoms with E-state index in [4.69, 9.17) is 5.73 Å². The Morgan fingerprint density at radius 3 is 1.94 bits per heavy atom. The molecule has 4 atom stereocenters. The highest BCUT2D eigenvalue weighted by Crippen LogP contribution is 2.76. The molecular weight excluding hydrogens is 194 g/mol. The fourth-order valence-corrected chi connectivity index (χ4v) is 7.54. The van der Waals surface area contributed by atoms with Crippen molar-refractivity contribution < 1.29 is 0 Å². The predicted octanol–water partition coefficient (Wildman–Crippen LogP) is 2.80. The van der Waals surface area contributed by atoms with Crippen LogP contribution >= 0.6 is 0 Å². The normalized spacial score (nSPS) is 73.9. The first-order valence-corrected chi connectivity index (χ1v) is 7.40. The Hall–Kier alpha value is -0.0400. The van der Waals surface area contributed by atoms with Crippen LogP contribution in [0.15, 0.2) is 0 Å². The smallest absolute Gasteiger partial charge is 0.0220 e. The Morgan fingerprint density at radius 2 is 1.31 bits per heavy atom. The molecular formula is C15H23N. The molecule has 88 valence electrons. The molecule has 0 amide bonds. The van der Waals surface area contributed by atoms with Crippen LogP contribution in [0, 0.1) is 40.9 Å². The summed E-state index contributed by atoms with van der Waals surface area (Å²) in [6.45, 7) is 2.63. The van der Waals surface area contributed by atoms with E-state index < -0.39 is 0 Å². The molecule has 4 unspecified atom stereocenters. The van der Waals surface area contributed by atoms with Crippen LogP contribution < -0.4 is 5.73 Å². The maximum Gasteiger partial charge on any atom is 0.0220 e. The van der Waals surface area contributed by atoms with Gasteiger partial charge in [-0.15, -0.1) is 0 Å². The van der Waals surface area contributed by atoms with E-state index in [1.165, 1.54) is 32.1 Å². The van der Waals surface area contributed by atoms with Crippen LogP contribution in [0.3, 0.4) is 0 Å². The Bertz CT molecular complexity index is 314. The van der Waals surface area contributed by atoms with Crippen molar-refractivity contribution in [2.75, 3.05) is 0 Å². The van der Waals surface area contributed by atoms with Crippen molar-refractivity contribution >= 4 is 0 Å². The van der Waals surface area contributed by atoms with Gasteiger partial charge in [0.25, 0.3) is 0 Å². The van der Waals surface area contributed by atoms with Gasteiger partial charge in [0.2, 0.25) is 0 Å². The summed E-state index contributed by atoms with van der Waals surface area (Å²) in [5, 5.41) is 0. The minimum Gasteiger partial charge on any atom is -0.325 e. The summed E-state index contributed by atoms with van der Waals surface area (Å²) in [5.41, 5.74) is 7.93. The second-order valence-electron chi connectivity index (χ2n) is 8.13. The summed E-state index contributed by atoms with van der Waals surface area (Å²) in [4.78, 5) is 0. The van der Waals surface area contributed by atoms with Gasteiger partial charge in [0.1, 0.15) is 0 Å². The summed E-state index contributed by atoms with van der Waals surface area (Å²) >= 11 is 0. The molecule has 0 radical (unpaired) electrons. The number of hydrogen-bond donors (Lipinski definition) is 1. The Labute approximate surface area is 98.2 Å². The van der Waals surface area contributed by atoms with E-state index in [1.807, 2.05) is 0 Å². The molecule has 7 aliphatic rings. The maximum atomic E-state index is 6.91. The molecule has 8 bridgehead atoms. The Balaban J connectivity index is 1.76. The molecule has 7 rings (SSSR count). The van der Waals surface area contributed by atoms with Crippen molar-refractivity contribution in [2.45, 2.75) is 51.0 Å². The lowest BCUT2D eigenvalue weighted by Gasteiger charge is -2.77. The largest absolute Gasteiger partial charge is 0.325 e. The topological polar surface area (TPSA) is 26.0 Å². The summed E-state index contributed by atoms with van der Waals surface area (Å²) in [7, 11) is 0. The van der Waals surface area contributed by atoms with Crippen LogP contribution in [-0.4, -0.2) is 5.54 Å². The first-order valence-electron chi connectivity index (χ1n) is 7.40. The van der Waals surface area contributed by atoms with Crippen molar-refractivity contribution in [1.82, 2.24) is 0 Å². The van der Waals surface area contributed by atoms with Gasteiger partial charge in [-0.05, 0) is 79.4 Å². The highest BCUT2D eigenvalue weighted by atomic mass is 14.9. The van der Waals surface area contributed by atoms with Crippen LogP contribution in [0.1, 0.15) is 45.4 Å². The average Bonchev–Trinajstić information content (AvgIpc) is 2.24. The monoisotopic (exact) mass is 217 g/mol. The van der Waals surface area contributed by atoms with Crippen LogP contribution in [-0.2, 0) is 0 Å². The fourth-order valence-electron chi connectivity index (χ4n) is 7.54. The molecule has 0 spiro atoms. The van der Waals surface area contributed by atoms with Crippen molar-refractivity contribution in [1.29, 1.82) is 0 Å². The van der Waals surface area contributed by atoms with E-state index in [0.717, 1.165) is 40.9 Å². The second-order valence-corrected chi connectivity index (χ2v) is 8.13. The number of hydrogen-bond acceptors (Lipinski definition) is 1. The highest BCUT2D eigenvalue weighted by Gasteiger charge is 2.72. The Morgan fingerprint density at radius 1 is 0.812 bits per heavy atom. The van der Waals surface area contributed by atoms with E-state index in [0.29, 0.717) is 5.54 Å². The van der Waals surface area contributed by atoms with Gasteiger partial charge in [-0.25, -0.2) is 0 Å². The lowest BCUT2D eigenvalue weighted by molar-refractivity contribution is -0.257. The van der Waals surface area contributed by atoms with Gasteiger partial charge >= 0.3 is 0 Å². The van der Waals surface area contributed by atoms with Gasteiger partial charge in [-0.1, -0.05) is 6.92 Å². The van der Waals surface area contributed by atoms with E-state index >= 15 is 0 Å². The second kappa shape index (κ2) is 2.25. The van der Waals surface area contributed by atoms with Gasteiger partial charge in [0, 0.05) is 5.54 Å². The molecule has 7 fully saturated rings. The van der Waals surface area contributed by atoms with E-state index in [-0.39, 0.29) is 0 Å². The summed E-state index contributed by atoms with van der Waals surface area (Å²) in [6, 6.07) is 0. The summed E-state index contributed by atoms with van der Waals surface area (Å²) in [6.07, 6.45) is 9.00. The van der Waals surface area contributed by atoms with Crippen LogP contribution in [0.5, 0.6) is 0 Å². The zero-order chi connectivity index (χ0) is 10.7. The minimum absolute atomic E-state index is 0.299. The molecule has 1 nitrogen and oxygen atoms in total.